The average molecular weight is 434 g/mol. The van der Waals surface area contributed by atoms with Gasteiger partial charge in [0, 0.05) is 36.8 Å². The van der Waals surface area contributed by atoms with Crippen molar-refractivity contribution >= 4 is 21.9 Å². The van der Waals surface area contributed by atoms with E-state index in [0.717, 1.165) is 33.7 Å². The molecule has 0 unspecified atom stereocenters. The number of hydrogen-bond donors (Lipinski definition) is 0. The predicted octanol–water partition coefficient (Wildman–Crippen LogP) is 3.06. The molecule has 0 N–H and O–H groups in total. The molecule has 8 nitrogen and oxygen atoms in total. The van der Waals surface area contributed by atoms with E-state index in [1.165, 1.54) is 13.3 Å². The van der Waals surface area contributed by atoms with Crippen molar-refractivity contribution in [3.8, 4) is 17.2 Å². The summed E-state index contributed by atoms with van der Waals surface area (Å²) in [6.45, 7) is 0. The van der Waals surface area contributed by atoms with Crippen LogP contribution in [0.4, 0.5) is 4.39 Å². The maximum Gasteiger partial charge on any atom is 0.278 e. The standard InChI is InChI=1S/C21H15FN6O2S/c1-27(31(29,30)19-5-6-20(22)17(9-19)10-23)26-13-18-12-25-21-7-4-16(14-28(18)21)15-3-2-8-24-11-15/h2-9,11-14H,1H3/b26-13+. The Bertz CT molecular complexity index is 1440. The van der Waals surface area contributed by atoms with E-state index in [4.69, 9.17) is 5.26 Å². The van der Waals surface area contributed by atoms with Crippen molar-refractivity contribution in [2.45, 2.75) is 4.90 Å². The molecular weight excluding hydrogens is 419 g/mol. The van der Waals surface area contributed by atoms with Crippen molar-refractivity contribution in [1.82, 2.24) is 18.8 Å². The highest BCUT2D eigenvalue weighted by Gasteiger charge is 2.21. The Morgan fingerprint density at radius 3 is 2.77 bits per heavy atom. The van der Waals surface area contributed by atoms with E-state index >= 15 is 0 Å². The molecule has 0 fully saturated rings. The van der Waals surface area contributed by atoms with Crippen molar-refractivity contribution in [3.63, 3.8) is 0 Å². The van der Waals surface area contributed by atoms with Crippen molar-refractivity contribution in [1.29, 1.82) is 5.26 Å². The van der Waals surface area contributed by atoms with Crippen molar-refractivity contribution in [2.24, 2.45) is 5.10 Å². The predicted molar refractivity (Wildman–Crippen MR) is 112 cm³/mol. The molecule has 0 atom stereocenters. The Hall–Kier alpha value is -4.10. The smallest absolute Gasteiger partial charge is 0.278 e. The molecule has 0 aliphatic carbocycles. The third-order valence-electron chi connectivity index (χ3n) is 4.59. The van der Waals surface area contributed by atoms with E-state index < -0.39 is 15.8 Å². The summed E-state index contributed by atoms with van der Waals surface area (Å²) >= 11 is 0. The van der Waals surface area contributed by atoms with E-state index in [0.29, 0.717) is 11.3 Å². The van der Waals surface area contributed by atoms with Gasteiger partial charge in [0.15, 0.2) is 0 Å². The number of hydrogen-bond acceptors (Lipinski definition) is 6. The second kappa shape index (κ2) is 7.97. The average Bonchev–Trinajstić information content (AvgIpc) is 3.20. The highest BCUT2D eigenvalue weighted by Crippen LogP contribution is 2.20. The van der Waals surface area contributed by atoms with Crippen LogP contribution in [0, 0.1) is 17.1 Å². The zero-order chi connectivity index (χ0) is 22.0. The number of benzene rings is 1. The summed E-state index contributed by atoms with van der Waals surface area (Å²) < 4.78 is 41.5. The van der Waals surface area contributed by atoms with E-state index in [9.17, 15) is 12.8 Å². The molecule has 0 saturated carbocycles. The number of nitrogens with zero attached hydrogens (tertiary/aromatic N) is 6. The first kappa shape index (κ1) is 20.2. The summed E-state index contributed by atoms with van der Waals surface area (Å²) in [5.74, 6) is -0.789. The Morgan fingerprint density at radius 2 is 2.03 bits per heavy atom. The lowest BCUT2D eigenvalue weighted by Crippen LogP contribution is -2.22. The molecule has 0 spiro atoms. The lowest BCUT2D eigenvalue weighted by Gasteiger charge is -2.13. The van der Waals surface area contributed by atoms with Crippen LogP contribution >= 0.6 is 0 Å². The van der Waals surface area contributed by atoms with Gasteiger partial charge in [-0.15, -0.1) is 0 Å². The van der Waals surface area contributed by atoms with Gasteiger partial charge in [-0.05, 0) is 36.4 Å². The minimum atomic E-state index is -4.07. The molecule has 0 aliphatic rings. The summed E-state index contributed by atoms with van der Waals surface area (Å²) in [7, 11) is -2.81. The van der Waals surface area contributed by atoms with E-state index in [1.54, 1.807) is 29.1 Å². The van der Waals surface area contributed by atoms with Gasteiger partial charge in [0.2, 0.25) is 0 Å². The number of pyridine rings is 2. The fourth-order valence-corrected chi connectivity index (χ4v) is 3.89. The summed E-state index contributed by atoms with van der Waals surface area (Å²) in [6.07, 6.45) is 8.21. The maximum atomic E-state index is 13.5. The molecule has 0 aliphatic heterocycles. The highest BCUT2D eigenvalue weighted by atomic mass is 32.2. The van der Waals surface area contributed by atoms with Crippen molar-refractivity contribution < 1.29 is 12.8 Å². The largest absolute Gasteiger partial charge is 0.298 e. The van der Waals surface area contributed by atoms with Crippen molar-refractivity contribution in [2.75, 3.05) is 7.05 Å². The molecular formula is C21H15FN6O2S. The highest BCUT2D eigenvalue weighted by molar-refractivity contribution is 7.89. The van der Waals surface area contributed by atoms with Gasteiger partial charge in [0.1, 0.15) is 17.5 Å². The van der Waals surface area contributed by atoms with E-state index in [1.807, 2.05) is 30.5 Å². The molecule has 4 rings (SSSR count). The summed E-state index contributed by atoms with van der Waals surface area (Å²) in [5, 5.41) is 13.0. The second-order valence-electron chi connectivity index (χ2n) is 6.51. The normalized spacial score (nSPS) is 11.6. The number of fused-ring (bicyclic) bond motifs is 1. The number of sulfonamides is 1. The second-order valence-corrected chi connectivity index (χ2v) is 8.46. The molecule has 10 heteroatoms. The first-order valence-electron chi connectivity index (χ1n) is 9.00. The fraction of sp³-hybridized carbons (Fsp3) is 0.0476. The zero-order valence-corrected chi connectivity index (χ0v) is 17.0. The van der Waals surface area contributed by atoms with Gasteiger partial charge >= 0.3 is 0 Å². The van der Waals surface area contributed by atoms with Gasteiger partial charge in [-0.3, -0.25) is 9.38 Å². The van der Waals surface area contributed by atoms with E-state index in [2.05, 4.69) is 15.1 Å². The van der Waals surface area contributed by atoms with Crippen LogP contribution in [0.5, 0.6) is 0 Å². The van der Waals surface area contributed by atoms with Crippen LogP contribution in [0.2, 0.25) is 0 Å². The topological polar surface area (TPSA) is 104 Å². The van der Waals surface area contributed by atoms with Gasteiger partial charge in [-0.2, -0.15) is 23.2 Å². The number of halogens is 1. The Labute approximate surface area is 177 Å². The molecule has 3 heterocycles. The number of aromatic nitrogens is 3. The SMILES string of the molecule is CN(/N=C/c1cnc2ccc(-c3cccnc3)cn12)S(=O)(=O)c1ccc(F)c(C#N)c1. The van der Waals surface area contributed by atoms with Gasteiger partial charge in [0.25, 0.3) is 10.0 Å². The Kier molecular flexibility index (Phi) is 5.19. The molecule has 154 valence electrons. The summed E-state index contributed by atoms with van der Waals surface area (Å²) in [4.78, 5) is 8.18. The molecule has 0 saturated heterocycles. The third-order valence-corrected chi connectivity index (χ3v) is 6.23. The molecule has 1 aromatic carbocycles. The molecule has 3 aromatic heterocycles. The maximum absolute atomic E-state index is 13.5. The van der Waals surface area contributed by atoms with Gasteiger partial charge in [0.05, 0.1) is 28.6 Å². The van der Waals surface area contributed by atoms with Crippen LogP contribution in [0.3, 0.4) is 0 Å². The van der Waals surface area contributed by atoms with Crippen LogP contribution in [0.15, 0.2) is 77.2 Å². The van der Waals surface area contributed by atoms with Gasteiger partial charge in [-0.1, -0.05) is 6.07 Å². The number of rotatable bonds is 5. The van der Waals surface area contributed by atoms with Crippen LogP contribution in [0.1, 0.15) is 11.3 Å². The van der Waals surface area contributed by atoms with Crippen LogP contribution in [0.25, 0.3) is 16.8 Å². The van der Waals surface area contributed by atoms with Crippen LogP contribution in [-0.2, 0) is 10.0 Å². The lowest BCUT2D eigenvalue weighted by molar-refractivity contribution is 0.490. The number of imidazole rings is 1. The quantitative estimate of drug-likeness (QED) is 0.355. The molecule has 0 amide bonds. The van der Waals surface area contributed by atoms with Crippen LogP contribution < -0.4 is 0 Å². The minimum Gasteiger partial charge on any atom is -0.298 e. The summed E-state index contributed by atoms with van der Waals surface area (Å²) in [6, 6.07) is 12.1. The Morgan fingerprint density at radius 1 is 1.19 bits per heavy atom. The zero-order valence-electron chi connectivity index (χ0n) is 16.2. The lowest BCUT2D eigenvalue weighted by atomic mass is 10.1. The Balaban J connectivity index is 1.65. The first-order chi connectivity index (χ1) is 14.9. The first-order valence-corrected chi connectivity index (χ1v) is 10.4. The number of nitriles is 1. The van der Waals surface area contributed by atoms with Crippen LogP contribution in [-0.4, -0.2) is 40.5 Å². The summed E-state index contributed by atoms with van der Waals surface area (Å²) in [5.41, 5.74) is 2.69. The molecule has 4 aromatic rings. The fourth-order valence-electron chi connectivity index (χ4n) is 2.90. The molecule has 31 heavy (non-hydrogen) atoms. The van der Waals surface area contributed by atoms with Gasteiger partial charge in [-0.25, -0.2) is 9.37 Å². The van der Waals surface area contributed by atoms with E-state index in [-0.39, 0.29) is 10.5 Å². The van der Waals surface area contributed by atoms with Crippen molar-refractivity contribution in [3.05, 3.63) is 84.3 Å². The number of hydrazone groups is 1. The third kappa shape index (κ3) is 3.86. The molecule has 0 bridgehead atoms. The monoisotopic (exact) mass is 434 g/mol. The minimum absolute atomic E-state index is 0.234. The van der Waals surface area contributed by atoms with Gasteiger partial charge < -0.3 is 0 Å². The molecule has 0 radical (unpaired) electrons.